The molecule has 8 rings (SSSR count). The highest BCUT2D eigenvalue weighted by Crippen LogP contribution is 2.60. The summed E-state index contributed by atoms with van der Waals surface area (Å²) in [5, 5.41) is 9.46. The van der Waals surface area contributed by atoms with E-state index in [1.54, 1.807) is 17.7 Å². The summed E-state index contributed by atoms with van der Waals surface area (Å²) in [6.07, 6.45) is 5.40. The summed E-state index contributed by atoms with van der Waals surface area (Å²) in [5.41, 5.74) is 1.48. The molecule has 8 atom stereocenters. The van der Waals surface area contributed by atoms with Crippen LogP contribution in [0.2, 0.25) is 5.02 Å². The molecule has 4 aliphatic heterocycles. The molecule has 0 unspecified atom stereocenters. The van der Waals surface area contributed by atoms with Gasteiger partial charge in [0, 0.05) is 36.1 Å². The smallest absolute Gasteiger partial charge is 0.355 e. The van der Waals surface area contributed by atoms with Crippen molar-refractivity contribution in [1.29, 1.82) is 0 Å². The Morgan fingerprint density at radius 2 is 2.02 bits per heavy atom. The standard InChI is InChI=1S/C29H34ClN3O7/c1-15-5-8-22-17(3)26(37-27-29(22)21(15)9-11-28(4,38-27)39-40-29)35-12-10-18-14-33(32-31-18)19-6-7-20-16(2)24(30)25(34)36-23(20)13-19/h6-7,13-15,17,21-22,26-27H,5,8-12H2,1-4H3/t15-,17-,21+,22+,26+,27-,28-,29-/m1/s1. The zero-order chi connectivity index (χ0) is 27.8. The third-order valence-corrected chi connectivity index (χ3v) is 10.1. The molecule has 6 heterocycles. The van der Waals surface area contributed by atoms with Gasteiger partial charge in [0.25, 0.3) is 0 Å². The van der Waals surface area contributed by atoms with E-state index in [0.717, 1.165) is 42.5 Å². The van der Waals surface area contributed by atoms with Crippen molar-refractivity contribution in [1.82, 2.24) is 15.0 Å². The van der Waals surface area contributed by atoms with Crippen molar-refractivity contribution in [2.75, 3.05) is 6.61 Å². The maximum atomic E-state index is 12.0. The fourth-order valence-corrected chi connectivity index (χ4v) is 7.49. The van der Waals surface area contributed by atoms with Gasteiger partial charge in [0.15, 0.2) is 18.2 Å². The summed E-state index contributed by atoms with van der Waals surface area (Å²) in [6.45, 7) is 8.63. The summed E-state index contributed by atoms with van der Waals surface area (Å²) in [6, 6.07) is 5.51. The average molecular weight is 572 g/mol. The number of aryl methyl sites for hydroxylation is 1. The third kappa shape index (κ3) is 4.06. The number of ether oxygens (including phenoxy) is 3. The van der Waals surface area contributed by atoms with Gasteiger partial charge in [-0.05, 0) is 62.6 Å². The molecule has 11 heteroatoms. The van der Waals surface area contributed by atoms with E-state index >= 15 is 0 Å². The summed E-state index contributed by atoms with van der Waals surface area (Å²) in [7, 11) is 0. The summed E-state index contributed by atoms with van der Waals surface area (Å²) < 4.78 is 26.3. The molecular formula is C29H34ClN3O7. The molecule has 2 aromatic heterocycles. The first-order chi connectivity index (χ1) is 19.2. The third-order valence-electron chi connectivity index (χ3n) is 9.62. The highest BCUT2D eigenvalue weighted by atomic mass is 35.5. The van der Waals surface area contributed by atoms with Crippen LogP contribution >= 0.6 is 11.6 Å². The number of benzene rings is 1. The first-order valence-electron chi connectivity index (χ1n) is 14.1. The molecule has 1 aromatic carbocycles. The minimum Gasteiger partial charge on any atom is -0.422 e. The quantitative estimate of drug-likeness (QED) is 0.305. The number of hydrogen-bond donors (Lipinski definition) is 0. The topological polar surface area (TPSA) is 107 Å². The summed E-state index contributed by atoms with van der Waals surface area (Å²) >= 11 is 6.05. The molecule has 214 valence electrons. The lowest BCUT2D eigenvalue weighted by Gasteiger charge is -2.60. The average Bonchev–Trinajstić information content (AvgIpc) is 3.29. The Morgan fingerprint density at radius 1 is 1.18 bits per heavy atom. The Kier molecular flexibility index (Phi) is 6.38. The van der Waals surface area contributed by atoms with Gasteiger partial charge < -0.3 is 18.6 Å². The molecule has 5 aliphatic rings. The van der Waals surface area contributed by atoms with E-state index in [0.29, 0.717) is 36.0 Å². The van der Waals surface area contributed by atoms with E-state index in [4.69, 9.17) is 40.0 Å². The minimum atomic E-state index is -0.808. The predicted molar refractivity (Wildman–Crippen MR) is 144 cm³/mol. The zero-order valence-corrected chi connectivity index (χ0v) is 23.8. The van der Waals surface area contributed by atoms with Crippen LogP contribution in [0.3, 0.4) is 0 Å². The second-order valence-electron chi connectivity index (χ2n) is 12.1. The first kappa shape index (κ1) is 26.6. The lowest BCUT2D eigenvalue weighted by atomic mass is 9.58. The van der Waals surface area contributed by atoms with E-state index in [-0.39, 0.29) is 16.9 Å². The van der Waals surface area contributed by atoms with Crippen molar-refractivity contribution >= 4 is 22.6 Å². The van der Waals surface area contributed by atoms with E-state index < -0.39 is 29.6 Å². The fraction of sp³-hybridized carbons (Fsp3) is 0.621. The molecular weight excluding hydrogens is 538 g/mol. The van der Waals surface area contributed by atoms with Crippen LogP contribution in [0.15, 0.2) is 33.6 Å². The lowest BCUT2D eigenvalue weighted by Crippen LogP contribution is -2.70. The maximum absolute atomic E-state index is 12.0. The van der Waals surface area contributed by atoms with Crippen LogP contribution in [0, 0.1) is 30.6 Å². The molecule has 10 nitrogen and oxygen atoms in total. The Hall–Kier alpha value is -2.34. The van der Waals surface area contributed by atoms with Gasteiger partial charge in [-0.3, -0.25) is 0 Å². The van der Waals surface area contributed by atoms with Crippen LogP contribution in [0.5, 0.6) is 0 Å². The van der Waals surface area contributed by atoms with E-state index in [2.05, 4.69) is 24.2 Å². The summed E-state index contributed by atoms with van der Waals surface area (Å²) in [4.78, 5) is 24.1. The van der Waals surface area contributed by atoms with E-state index in [1.165, 1.54) is 0 Å². The van der Waals surface area contributed by atoms with Gasteiger partial charge in [0.1, 0.15) is 10.6 Å². The van der Waals surface area contributed by atoms with Gasteiger partial charge in [0.2, 0.25) is 5.79 Å². The number of hydrogen-bond acceptors (Lipinski definition) is 9. The van der Waals surface area contributed by atoms with Crippen LogP contribution < -0.4 is 5.63 Å². The number of nitrogens with zero attached hydrogens (tertiary/aromatic N) is 3. The maximum Gasteiger partial charge on any atom is 0.355 e. The van der Waals surface area contributed by atoms with Crippen molar-refractivity contribution in [2.24, 2.45) is 23.7 Å². The van der Waals surface area contributed by atoms with Crippen molar-refractivity contribution in [3.8, 4) is 5.69 Å². The van der Waals surface area contributed by atoms with Crippen molar-refractivity contribution in [3.63, 3.8) is 0 Å². The van der Waals surface area contributed by atoms with Crippen molar-refractivity contribution in [3.05, 3.63) is 51.1 Å². The van der Waals surface area contributed by atoms with Gasteiger partial charge in [-0.15, -0.1) is 5.10 Å². The Morgan fingerprint density at radius 3 is 2.88 bits per heavy atom. The van der Waals surface area contributed by atoms with Gasteiger partial charge in [-0.2, -0.15) is 0 Å². The molecule has 3 aromatic rings. The first-order valence-corrected chi connectivity index (χ1v) is 14.5. The molecule has 2 bridgehead atoms. The van der Waals surface area contributed by atoms with Crippen LogP contribution in [-0.4, -0.2) is 45.6 Å². The van der Waals surface area contributed by atoms with Crippen molar-refractivity contribution in [2.45, 2.75) is 83.8 Å². The zero-order valence-electron chi connectivity index (χ0n) is 23.1. The SMILES string of the molecule is Cc1c(Cl)c(=O)oc2cc(-n3cc(CCO[C@H]4O[C@@H]5O[C@@]6(C)CC[C@H]7[C@H](C)CC[C@@H]([C@H]4C)[C@@]57OO6)nn3)ccc12. The molecule has 0 N–H and O–H groups in total. The Bertz CT molecular complexity index is 1510. The monoisotopic (exact) mass is 571 g/mol. The molecule has 0 radical (unpaired) electrons. The molecule has 0 amide bonds. The largest absolute Gasteiger partial charge is 0.422 e. The van der Waals surface area contributed by atoms with Crippen LogP contribution in [-0.2, 0) is 30.4 Å². The number of halogens is 1. The van der Waals surface area contributed by atoms with Gasteiger partial charge in [-0.25, -0.2) is 19.3 Å². The second kappa shape index (κ2) is 9.61. The molecule has 5 fully saturated rings. The highest BCUT2D eigenvalue weighted by Gasteiger charge is 2.69. The van der Waals surface area contributed by atoms with E-state index in [9.17, 15) is 4.79 Å². The second-order valence-corrected chi connectivity index (χ2v) is 12.4. The highest BCUT2D eigenvalue weighted by molar-refractivity contribution is 6.31. The summed E-state index contributed by atoms with van der Waals surface area (Å²) in [5.74, 6) is 0.358. The van der Waals surface area contributed by atoms with Gasteiger partial charge in [-0.1, -0.05) is 30.7 Å². The van der Waals surface area contributed by atoms with Crippen molar-refractivity contribution < 1.29 is 28.4 Å². The number of rotatable bonds is 5. The lowest BCUT2D eigenvalue weighted by molar-refractivity contribution is -0.577. The molecule has 4 saturated heterocycles. The fourth-order valence-electron chi connectivity index (χ4n) is 7.35. The number of aromatic nitrogens is 3. The Balaban J connectivity index is 1.05. The molecule has 1 aliphatic carbocycles. The number of fused-ring (bicyclic) bond motifs is 3. The minimum absolute atomic E-state index is 0.0979. The van der Waals surface area contributed by atoms with Gasteiger partial charge in [0.05, 0.1) is 24.2 Å². The normalized spacial score (nSPS) is 36.9. The Labute approximate surface area is 236 Å². The molecule has 40 heavy (non-hydrogen) atoms. The molecule has 1 saturated carbocycles. The van der Waals surface area contributed by atoms with Crippen LogP contribution in [0.4, 0.5) is 0 Å². The van der Waals surface area contributed by atoms with Crippen LogP contribution in [0.1, 0.15) is 57.7 Å². The predicted octanol–water partition coefficient (Wildman–Crippen LogP) is 5.10. The van der Waals surface area contributed by atoms with Crippen LogP contribution in [0.25, 0.3) is 16.7 Å². The van der Waals surface area contributed by atoms with E-state index in [1.807, 2.05) is 25.3 Å². The molecule has 1 spiro atoms. The van der Waals surface area contributed by atoms with Gasteiger partial charge >= 0.3 is 5.63 Å².